The predicted octanol–water partition coefficient (Wildman–Crippen LogP) is 7.77. The Morgan fingerprint density at radius 1 is 0.722 bits per heavy atom. The Labute approximate surface area is 245 Å². The molecule has 0 aromatic heterocycles. The first-order valence-electron chi connectivity index (χ1n) is 11.5. The minimum Gasteiger partial charge on any atom is -0.466 e. The highest BCUT2D eigenvalue weighted by Gasteiger charge is 2.26. The van der Waals surface area contributed by atoms with Crippen LogP contribution in [0.15, 0.2) is 0 Å². The van der Waals surface area contributed by atoms with Gasteiger partial charge in [0.1, 0.15) is 0 Å². The number of hydrogen-bond acceptors (Lipinski definition) is 14. The largest absolute Gasteiger partial charge is 0.466 e. The fourth-order valence-electron chi connectivity index (χ4n) is 2.17. The van der Waals surface area contributed by atoms with Gasteiger partial charge in [-0.25, -0.2) is 0 Å². The number of carbonyl (C=O) groups is 1. The second-order valence-electron chi connectivity index (χ2n) is 7.71. The molecular formula is C19H41O8P3S6. The van der Waals surface area contributed by atoms with Gasteiger partial charge < -0.3 is 31.9 Å². The van der Waals surface area contributed by atoms with Crippen LogP contribution in [0.1, 0.15) is 54.9 Å². The van der Waals surface area contributed by atoms with E-state index in [9.17, 15) is 4.79 Å². The van der Waals surface area contributed by atoms with Crippen molar-refractivity contribution in [2.45, 2.75) is 73.2 Å². The van der Waals surface area contributed by atoms with E-state index in [4.69, 9.17) is 67.3 Å². The Balaban J connectivity index is 5.01. The maximum atomic E-state index is 11.8. The lowest BCUT2D eigenvalue weighted by Crippen LogP contribution is -2.08. The van der Waals surface area contributed by atoms with Crippen molar-refractivity contribution in [1.29, 1.82) is 0 Å². The summed E-state index contributed by atoms with van der Waals surface area (Å²) >= 11 is 21.2. The van der Waals surface area contributed by atoms with Gasteiger partial charge in [0, 0.05) is 24.4 Å². The third-order valence-electron chi connectivity index (χ3n) is 3.27. The molecule has 0 N–H and O–H groups in total. The van der Waals surface area contributed by atoms with Gasteiger partial charge in [-0.05, 0) is 83.9 Å². The quantitative estimate of drug-likeness (QED) is 0.0634. The highest BCUT2D eigenvalue weighted by molar-refractivity contribution is 8.68. The van der Waals surface area contributed by atoms with E-state index in [1.165, 1.54) is 34.1 Å². The normalized spacial score (nSPS) is 15.9. The molecule has 216 valence electrons. The standard InChI is InChI=1S/C19H41O8P3S6/c1-9-22-19(20)10-13-34-29(32,23-11-14-35-28(31,21-8)25-16(2)3)24-12-15-36-30(33,26-17(4)5)27-18(6)7/h16-18H,9-15H2,1-8H3. The van der Waals surface area contributed by atoms with Gasteiger partial charge in [0.25, 0.3) is 0 Å². The molecule has 17 heteroatoms. The van der Waals surface area contributed by atoms with Gasteiger partial charge in [-0.15, -0.1) is 0 Å². The first-order valence-corrected chi connectivity index (χ1v) is 24.2. The van der Waals surface area contributed by atoms with E-state index in [0.29, 0.717) is 37.1 Å². The summed E-state index contributed by atoms with van der Waals surface area (Å²) in [6.07, 6.45) is 0.107. The zero-order chi connectivity index (χ0) is 27.8. The Morgan fingerprint density at radius 3 is 1.56 bits per heavy atom. The summed E-state index contributed by atoms with van der Waals surface area (Å²) in [4.78, 5) is 11.8. The molecule has 0 amide bonds. The molecule has 0 saturated heterocycles. The molecule has 0 aliphatic heterocycles. The lowest BCUT2D eigenvalue weighted by molar-refractivity contribution is -0.142. The molecule has 8 nitrogen and oxygen atoms in total. The first kappa shape index (κ1) is 38.2. The van der Waals surface area contributed by atoms with Gasteiger partial charge in [0.2, 0.25) is 17.1 Å². The van der Waals surface area contributed by atoms with Crippen LogP contribution in [0.3, 0.4) is 0 Å². The molecule has 36 heavy (non-hydrogen) atoms. The zero-order valence-electron chi connectivity index (χ0n) is 22.2. The Hall–Kier alpha value is 2.23. The summed E-state index contributed by atoms with van der Waals surface area (Å²) in [6.45, 7) is 14.3. The second kappa shape index (κ2) is 20.2. The van der Waals surface area contributed by atoms with Crippen molar-refractivity contribution in [3.63, 3.8) is 0 Å². The highest BCUT2D eigenvalue weighted by atomic mass is 32.9. The Bertz CT molecular complexity index is 757. The summed E-state index contributed by atoms with van der Waals surface area (Å²) in [5.74, 6) is 1.24. The molecule has 0 heterocycles. The highest BCUT2D eigenvalue weighted by Crippen LogP contribution is 2.65. The van der Waals surface area contributed by atoms with Crippen LogP contribution in [0.25, 0.3) is 0 Å². The van der Waals surface area contributed by atoms with E-state index in [1.54, 1.807) is 14.0 Å². The van der Waals surface area contributed by atoms with E-state index in [2.05, 4.69) is 0 Å². The summed E-state index contributed by atoms with van der Waals surface area (Å²) in [6, 6.07) is 0. The van der Waals surface area contributed by atoms with Crippen molar-refractivity contribution in [2.24, 2.45) is 0 Å². The van der Waals surface area contributed by atoms with E-state index in [0.717, 1.165) is 0 Å². The topological polar surface area (TPSA) is 81.7 Å². The molecule has 0 fully saturated rings. The van der Waals surface area contributed by atoms with E-state index in [-0.39, 0.29) is 30.7 Å². The monoisotopic (exact) mass is 682 g/mol. The van der Waals surface area contributed by atoms with Crippen molar-refractivity contribution in [3.8, 4) is 0 Å². The molecule has 0 aromatic carbocycles. The van der Waals surface area contributed by atoms with Crippen LogP contribution in [-0.2, 0) is 72.1 Å². The molecule has 0 rings (SSSR count). The lowest BCUT2D eigenvalue weighted by Gasteiger charge is -2.26. The molecule has 0 aliphatic carbocycles. The van der Waals surface area contributed by atoms with Crippen LogP contribution < -0.4 is 0 Å². The van der Waals surface area contributed by atoms with Gasteiger partial charge in [0.15, 0.2) is 0 Å². The van der Waals surface area contributed by atoms with Crippen molar-refractivity contribution >= 4 is 92.6 Å². The average Bonchev–Trinajstić information content (AvgIpc) is 2.73. The molecule has 0 bridgehead atoms. The van der Waals surface area contributed by atoms with Crippen molar-refractivity contribution in [1.82, 2.24) is 0 Å². The first-order chi connectivity index (χ1) is 16.7. The summed E-state index contributed by atoms with van der Waals surface area (Å²) in [7, 11) is 1.56. The molecule has 2 atom stereocenters. The van der Waals surface area contributed by atoms with Crippen molar-refractivity contribution < 1.29 is 36.7 Å². The summed E-state index contributed by atoms with van der Waals surface area (Å²) in [5, 5.41) is 0. The van der Waals surface area contributed by atoms with Gasteiger partial charge in [0.05, 0.1) is 44.6 Å². The van der Waals surface area contributed by atoms with E-state index in [1.807, 2.05) is 41.5 Å². The van der Waals surface area contributed by atoms with Crippen molar-refractivity contribution in [3.05, 3.63) is 0 Å². The van der Waals surface area contributed by atoms with Gasteiger partial charge in [-0.1, -0.05) is 34.1 Å². The fraction of sp³-hybridized carbons (Fsp3) is 0.947. The molecule has 0 spiro atoms. The molecule has 0 aromatic rings. The summed E-state index contributed by atoms with van der Waals surface area (Å²) < 4.78 is 40.2. The average molecular weight is 683 g/mol. The number of esters is 1. The van der Waals surface area contributed by atoms with Crippen LogP contribution in [0.2, 0.25) is 0 Å². The third kappa shape index (κ3) is 19.3. The third-order valence-corrected chi connectivity index (χ3v) is 19.8. The predicted molar refractivity (Wildman–Crippen MR) is 169 cm³/mol. The minimum absolute atomic E-state index is 0.0345. The number of rotatable bonds is 22. The lowest BCUT2D eigenvalue weighted by atomic mass is 10.5. The van der Waals surface area contributed by atoms with Crippen LogP contribution in [0, 0.1) is 0 Å². The number of hydrogen-bond donors (Lipinski definition) is 0. The molecule has 0 saturated carbocycles. The van der Waals surface area contributed by atoms with Crippen LogP contribution in [0.5, 0.6) is 0 Å². The Morgan fingerprint density at radius 2 is 1.14 bits per heavy atom. The fourth-order valence-corrected chi connectivity index (χ4v) is 16.5. The molecular weight excluding hydrogens is 642 g/mol. The maximum absolute atomic E-state index is 11.8. The van der Waals surface area contributed by atoms with Gasteiger partial charge >= 0.3 is 5.97 Å². The van der Waals surface area contributed by atoms with E-state index < -0.39 is 17.1 Å². The SMILES string of the molecule is CCOC(=O)CCSP(=S)(OCCSP(=S)(OC)OC(C)C)OCCSP(=S)(OC(C)C)OC(C)C. The second-order valence-corrected chi connectivity index (χ2v) is 27.0. The van der Waals surface area contributed by atoms with Crippen LogP contribution >= 0.6 is 51.2 Å². The number of ether oxygens (including phenoxy) is 1. The van der Waals surface area contributed by atoms with Crippen LogP contribution in [0.4, 0.5) is 0 Å². The maximum Gasteiger partial charge on any atom is 0.306 e. The van der Waals surface area contributed by atoms with E-state index >= 15 is 0 Å². The molecule has 2 unspecified atom stereocenters. The Kier molecular flexibility index (Phi) is 21.4. The van der Waals surface area contributed by atoms with Crippen molar-refractivity contribution in [2.75, 3.05) is 44.2 Å². The van der Waals surface area contributed by atoms with Gasteiger partial charge in [-0.2, -0.15) is 0 Å². The minimum atomic E-state index is -2.74. The number of carbonyl (C=O) groups excluding carboxylic acids is 1. The van der Waals surface area contributed by atoms with Gasteiger partial charge in [-0.3, -0.25) is 4.79 Å². The zero-order valence-corrected chi connectivity index (χ0v) is 29.8. The molecule has 0 aliphatic rings. The van der Waals surface area contributed by atoms with Crippen LogP contribution in [-0.4, -0.2) is 68.5 Å². The smallest absolute Gasteiger partial charge is 0.306 e. The summed E-state index contributed by atoms with van der Waals surface area (Å²) in [5.41, 5.74) is -7.70. The molecule has 0 radical (unpaired) electrons.